The van der Waals surface area contributed by atoms with Crippen LogP contribution in [0, 0.1) is 0 Å². The fraction of sp³-hybridized carbons (Fsp3) is 0.435. The van der Waals surface area contributed by atoms with E-state index in [1.165, 1.54) is 0 Å². The van der Waals surface area contributed by atoms with Crippen LogP contribution in [-0.4, -0.2) is 62.9 Å². The van der Waals surface area contributed by atoms with E-state index in [-0.39, 0.29) is 24.6 Å². The minimum atomic E-state index is -0.530. The molecular weight excluding hydrogens is 474 g/mol. The Balaban J connectivity index is 1.16. The van der Waals surface area contributed by atoms with Crippen molar-refractivity contribution in [1.29, 1.82) is 0 Å². The van der Waals surface area contributed by atoms with Crippen LogP contribution in [0.2, 0.25) is 5.02 Å². The van der Waals surface area contributed by atoms with Crippen LogP contribution in [0.1, 0.15) is 30.5 Å². The first-order valence-electron chi connectivity index (χ1n) is 11.4. The van der Waals surface area contributed by atoms with Gasteiger partial charge in [-0.3, -0.25) is 4.79 Å². The van der Waals surface area contributed by atoms with Crippen molar-refractivity contribution in [2.24, 2.45) is 0 Å². The van der Waals surface area contributed by atoms with Crippen molar-refractivity contribution in [3.63, 3.8) is 0 Å². The number of benzene rings is 1. The summed E-state index contributed by atoms with van der Waals surface area (Å²) in [6, 6.07) is 3.69. The van der Waals surface area contributed by atoms with E-state index in [4.69, 9.17) is 21.1 Å². The molecule has 1 aliphatic heterocycles. The van der Waals surface area contributed by atoms with Crippen molar-refractivity contribution in [3.05, 3.63) is 40.8 Å². The quantitative estimate of drug-likeness (QED) is 0.378. The third-order valence-electron chi connectivity index (χ3n) is 6.27. The molecule has 3 aromatic rings. The number of aromatic nitrogens is 4. The number of carbonyl (C=O) groups excluding carboxylic acids is 1. The highest BCUT2D eigenvalue weighted by Gasteiger charge is 2.29. The highest BCUT2D eigenvalue weighted by atomic mass is 35.5. The van der Waals surface area contributed by atoms with Crippen LogP contribution in [-0.2, 0) is 17.9 Å². The molecule has 0 bridgehead atoms. The Hall–Kier alpha value is -3.12. The molecule has 1 saturated carbocycles. The summed E-state index contributed by atoms with van der Waals surface area (Å²) in [6.07, 6.45) is 4.93. The van der Waals surface area contributed by atoms with E-state index in [1.807, 2.05) is 6.07 Å². The normalized spacial score (nSPS) is 21.8. The van der Waals surface area contributed by atoms with Gasteiger partial charge >= 0.3 is 0 Å². The maximum atomic E-state index is 11.5. The second-order valence-electron chi connectivity index (χ2n) is 8.60. The van der Waals surface area contributed by atoms with Crippen molar-refractivity contribution in [1.82, 2.24) is 30.6 Å². The van der Waals surface area contributed by atoms with Crippen molar-refractivity contribution in [3.8, 4) is 11.8 Å². The number of carbonyl (C=O) groups is 1. The molecule has 0 unspecified atom stereocenters. The maximum absolute atomic E-state index is 11.5. The summed E-state index contributed by atoms with van der Waals surface area (Å²) in [7, 11) is 1.55. The number of rotatable bonds is 7. The number of aliphatic hydroxyl groups is 1. The van der Waals surface area contributed by atoms with Crippen LogP contribution < -0.4 is 25.4 Å². The molecular formula is C23H26ClN7O4. The third kappa shape index (κ3) is 5.27. The van der Waals surface area contributed by atoms with Gasteiger partial charge in [-0.2, -0.15) is 0 Å². The molecule has 1 amide bonds. The zero-order valence-corrected chi connectivity index (χ0v) is 19.9. The van der Waals surface area contributed by atoms with E-state index in [1.54, 1.807) is 25.6 Å². The van der Waals surface area contributed by atoms with Gasteiger partial charge in [-0.25, -0.2) is 19.9 Å². The molecule has 35 heavy (non-hydrogen) atoms. The second kappa shape index (κ2) is 10.2. The first-order valence-corrected chi connectivity index (χ1v) is 11.8. The monoisotopic (exact) mass is 499 g/mol. The highest BCUT2D eigenvalue weighted by Crippen LogP contribution is 2.27. The smallest absolute Gasteiger partial charge is 0.263 e. The summed E-state index contributed by atoms with van der Waals surface area (Å²) >= 11 is 6.46. The number of hydrogen-bond donors (Lipinski definition) is 4. The molecule has 11 nitrogen and oxygen atoms in total. The lowest BCUT2D eigenvalue weighted by Gasteiger charge is -2.34. The largest absolute Gasteiger partial charge is 0.480 e. The number of anilines is 1. The number of aliphatic hydroxyl groups excluding tert-OH is 1. The summed E-state index contributed by atoms with van der Waals surface area (Å²) in [5.41, 5.74) is 2.93. The van der Waals surface area contributed by atoms with Gasteiger partial charge in [0.2, 0.25) is 5.88 Å². The number of ether oxygens (including phenoxy) is 2. The fourth-order valence-corrected chi connectivity index (χ4v) is 4.62. The van der Waals surface area contributed by atoms with Gasteiger partial charge in [-0.1, -0.05) is 11.6 Å². The molecule has 0 radical (unpaired) electrons. The second-order valence-corrected chi connectivity index (χ2v) is 9.01. The predicted molar refractivity (Wildman–Crippen MR) is 128 cm³/mol. The van der Waals surface area contributed by atoms with Gasteiger partial charge in [0.15, 0.2) is 12.4 Å². The Labute approximate surface area is 206 Å². The van der Waals surface area contributed by atoms with Crippen molar-refractivity contribution in [2.45, 2.75) is 50.5 Å². The molecule has 1 aromatic carbocycles. The number of halogens is 1. The van der Waals surface area contributed by atoms with E-state index in [2.05, 4.69) is 35.9 Å². The standard InChI is InChI=1S/C23H26ClN7O4/c1-34-20-10-27-17-5-3-15(24)14(21(17)31-20)9-26-16-4-2-12(6-18(16)32)25-7-13-8-28-23-22(29-13)30-19(33)11-35-23/h3,5,8,10,12,16,18,25-26,32H,2,4,6-7,9,11H2,1H3,(H,29,30,33)/t12-,16-,18+/m0/s1. The Bertz CT molecular complexity index is 1240. The fourth-order valence-electron chi connectivity index (χ4n) is 4.40. The average Bonchev–Trinajstić information content (AvgIpc) is 2.87. The molecule has 3 atom stereocenters. The van der Waals surface area contributed by atoms with Gasteiger partial charge in [0, 0.05) is 35.8 Å². The summed E-state index contributed by atoms with van der Waals surface area (Å²) in [5.74, 6) is 0.835. The van der Waals surface area contributed by atoms with Crippen LogP contribution in [0.15, 0.2) is 24.5 Å². The van der Waals surface area contributed by atoms with Gasteiger partial charge in [-0.15, -0.1) is 0 Å². The number of methoxy groups -OCH3 is 1. The van der Waals surface area contributed by atoms with Crippen molar-refractivity contribution >= 4 is 34.4 Å². The van der Waals surface area contributed by atoms with Crippen molar-refractivity contribution in [2.75, 3.05) is 19.0 Å². The highest BCUT2D eigenvalue weighted by molar-refractivity contribution is 6.32. The molecule has 2 aliphatic rings. The Morgan fingerprint density at radius 2 is 2.09 bits per heavy atom. The summed E-state index contributed by atoms with van der Waals surface area (Å²) in [4.78, 5) is 29.0. The SMILES string of the molecule is COc1cnc2ccc(Cl)c(CN[C@H]3CC[C@H](NCc4cnc5c(n4)NC(=O)CO5)C[C@H]3O)c2n1. The Morgan fingerprint density at radius 1 is 1.20 bits per heavy atom. The summed E-state index contributed by atoms with van der Waals surface area (Å²) < 4.78 is 10.5. The van der Waals surface area contributed by atoms with Crippen LogP contribution >= 0.6 is 11.6 Å². The molecule has 1 aliphatic carbocycles. The molecule has 0 spiro atoms. The Morgan fingerprint density at radius 3 is 2.91 bits per heavy atom. The first kappa shape index (κ1) is 23.6. The minimum absolute atomic E-state index is 0.0528. The van der Waals surface area contributed by atoms with Crippen molar-refractivity contribution < 1.29 is 19.4 Å². The number of nitrogens with one attached hydrogen (secondary N) is 3. The van der Waals surface area contributed by atoms with Gasteiger partial charge < -0.3 is 30.5 Å². The van der Waals surface area contributed by atoms with Gasteiger partial charge in [0.1, 0.15) is 0 Å². The number of nitrogens with zero attached hydrogens (tertiary/aromatic N) is 4. The van der Waals surface area contributed by atoms with Crippen LogP contribution in [0.3, 0.4) is 0 Å². The summed E-state index contributed by atoms with van der Waals surface area (Å²) in [5, 5.41) is 20.9. The molecule has 0 saturated heterocycles. The van der Waals surface area contributed by atoms with E-state index in [0.29, 0.717) is 53.3 Å². The first-order chi connectivity index (χ1) is 17.0. The molecule has 4 N–H and O–H groups in total. The van der Waals surface area contributed by atoms with E-state index in [9.17, 15) is 9.90 Å². The van der Waals surface area contributed by atoms with Crippen LogP contribution in [0.5, 0.6) is 11.8 Å². The zero-order chi connectivity index (χ0) is 24.4. The van der Waals surface area contributed by atoms with E-state index >= 15 is 0 Å². The zero-order valence-electron chi connectivity index (χ0n) is 19.1. The molecule has 1 fully saturated rings. The van der Waals surface area contributed by atoms with Gasteiger partial charge in [-0.05, 0) is 31.4 Å². The maximum Gasteiger partial charge on any atom is 0.263 e. The molecule has 2 aromatic heterocycles. The third-order valence-corrected chi connectivity index (χ3v) is 6.62. The van der Waals surface area contributed by atoms with E-state index in [0.717, 1.165) is 23.9 Å². The average molecular weight is 500 g/mol. The number of fused-ring (bicyclic) bond motifs is 2. The minimum Gasteiger partial charge on any atom is -0.480 e. The van der Waals surface area contributed by atoms with Gasteiger partial charge in [0.05, 0.1) is 42.3 Å². The lowest BCUT2D eigenvalue weighted by atomic mass is 9.88. The molecule has 5 rings (SSSR count). The summed E-state index contributed by atoms with van der Waals surface area (Å²) in [6.45, 7) is 0.872. The van der Waals surface area contributed by atoms with Crippen LogP contribution in [0.4, 0.5) is 5.82 Å². The number of amides is 1. The molecule has 3 heterocycles. The topological polar surface area (TPSA) is 143 Å². The van der Waals surface area contributed by atoms with Gasteiger partial charge in [0.25, 0.3) is 11.8 Å². The lowest BCUT2D eigenvalue weighted by molar-refractivity contribution is -0.118. The molecule has 12 heteroatoms. The lowest BCUT2D eigenvalue weighted by Crippen LogP contribution is -2.48. The molecule has 184 valence electrons. The number of hydrogen-bond acceptors (Lipinski definition) is 10. The Kier molecular flexibility index (Phi) is 6.91. The predicted octanol–water partition coefficient (Wildman–Crippen LogP) is 1.57. The van der Waals surface area contributed by atoms with Crippen LogP contribution in [0.25, 0.3) is 11.0 Å². The van der Waals surface area contributed by atoms with E-state index < -0.39 is 6.10 Å².